The zero-order valence-electron chi connectivity index (χ0n) is 9.96. The highest BCUT2D eigenvalue weighted by atomic mass is 16.5. The summed E-state index contributed by atoms with van der Waals surface area (Å²) in [5.74, 6) is 0.782. The van der Waals surface area contributed by atoms with Crippen LogP contribution in [0.25, 0.3) is 0 Å². The molecule has 0 aliphatic heterocycles. The fraction of sp³-hybridized carbons (Fsp3) is 0.455. The second-order valence-corrected chi connectivity index (χ2v) is 3.38. The third-order valence-corrected chi connectivity index (χ3v) is 2.11. The normalized spacial score (nSPS) is 11.4. The molecular weight excluding hydrogens is 208 g/mol. The molecule has 88 valence electrons. The van der Waals surface area contributed by atoms with Gasteiger partial charge in [-0.2, -0.15) is 5.10 Å². The molecule has 5 nitrogen and oxygen atoms in total. The number of hydrazone groups is 1. The van der Waals surface area contributed by atoms with Gasteiger partial charge in [0.25, 0.3) is 0 Å². The lowest BCUT2D eigenvalue weighted by Crippen LogP contribution is -2.20. The summed E-state index contributed by atoms with van der Waals surface area (Å²) < 4.78 is 9.94. The van der Waals surface area contributed by atoms with Crippen LogP contribution in [0.2, 0.25) is 0 Å². The minimum absolute atomic E-state index is 0.324. The van der Waals surface area contributed by atoms with Crippen LogP contribution in [0.5, 0.6) is 0 Å². The van der Waals surface area contributed by atoms with Gasteiger partial charge in [0, 0.05) is 5.56 Å². The molecule has 0 saturated heterocycles. The Morgan fingerprint density at radius 2 is 2.25 bits per heavy atom. The number of ether oxygens (including phenoxy) is 1. The number of hydrogen-bond acceptors (Lipinski definition) is 4. The molecule has 1 aromatic heterocycles. The van der Waals surface area contributed by atoms with Crippen LogP contribution in [0.3, 0.4) is 0 Å². The highest BCUT2D eigenvalue weighted by Crippen LogP contribution is 2.16. The minimum atomic E-state index is -0.555. The Morgan fingerprint density at radius 1 is 1.56 bits per heavy atom. The first-order chi connectivity index (χ1) is 7.56. The molecular formula is C11H16N2O3. The van der Waals surface area contributed by atoms with Gasteiger partial charge in [-0.05, 0) is 33.3 Å². The zero-order valence-corrected chi connectivity index (χ0v) is 9.96. The van der Waals surface area contributed by atoms with Crippen LogP contribution in [0.4, 0.5) is 4.79 Å². The summed E-state index contributed by atoms with van der Waals surface area (Å²) >= 11 is 0. The average Bonchev–Trinajstić information content (AvgIpc) is 2.56. The molecule has 1 heterocycles. The number of aryl methyl sites for hydroxylation is 2. The molecule has 1 amide bonds. The molecule has 0 spiro atoms. The van der Waals surface area contributed by atoms with E-state index in [-0.39, 0.29) is 0 Å². The van der Waals surface area contributed by atoms with Gasteiger partial charge in [0.1, 0.15) is 5.76 Å². The molecule has 0 aliphatic carbocycles. The monoisotopic (exact) mass is 224 g/mol. The minimum Gasteiger partial charge on any atom is -0.469 e. The topological polar surface area (TPSA) is 63.8 Å². The number of rotatable bonds is 3. The third kappa shape index (κ3) is 2.85. The third-order valence-electron chi connectivity index (χ3n) is 2.11. The van der Waals surface area contributed by atoms with Gasteiger partial charge in [-0.15, -0.1) is 0 Å². The van der Waals surface area contributed by atoms with E-state index in [1.807, 2.05) is 13.8 Å². The van der Waals surface area contributed by atoms with Crippen molar-refractivity contribution in [2.45, 2.75) is 27.7 Å². The summed E-state index contributed by atoms with van der Waals surface area (Å²) in [7, 11) is 0. The van der Waals surface area contributed by atoms with Crippen molar-refractivity contribution in [3.05, 3.63) is 23.2 Å². The molecule has 0 aliphatic rings. The Kier molecular flexibility index (Phi) is 4.10. The number of carbonyl (C=O) groups excluding carboxylic acids is 1. The van der Waals surface area contributed by atoms with E-state index in [9.17, 15) is 4.79 Å². The second-order valence-electron chi connectivity index (χ2n) is 3.38. The van der Waals surface area contributed by atoms with E-state index < -0.39 is 6.09 Å². The fourth-order valence-corrected chi connectivity index (χ4v) is 1.46. The summed E-state index contributed by atoms with van der Waals surface area (Å²) in [6.07, 6.45) is 1.11. The summed E-state index contributed by atoms with van der Waals surface area (Å²) in [5.41, 5.74) is 4.91. The number of nitrogens with zero attached hydrogens (tertiary/aromatic N) is 1. The summed E-state index contributed by atoms with van der Waals surface area (Å²) in [6.45, 7) is 7.64. The van der Waals surface area contributed by atoms with Crippen LogP contribution in [0, 0.1) is 13.8 Å². The molecule has 0 aromatic carbocycles. The summed E-state index contributed by atoms with van der Waals surface area (Å²) in [4.78, 5) is 11.0. The van der Waals surface area contributed by atoms with E-state index in [4.69, 9.17) is 4.42 Å². The molecule has 0 bridgehead atoms. The molecule has 0 radical (unpaired) electrons. The van der Waals surface area contributed by atoms with Gasteiger partial charge in [0.05, 0.1) is 18.6 Å². The number of hydrogen-bond donors (Lipinski definition) is 1. The van der Waals surface area contributed by atoms with E-state index in [2.05, 4.69) is 15.3 Å². The highest BCUT2D eigenvalue weighted by molar-refractivity contribution is 6.01. The van der Waals surface area contributed by atoms with Crippen LogP contribution in [0.15, 0.2) is 15.8 Å². The van der Waals surface area contributed by atoms with Crippen molar-refractivity contribution >= 4 is 11.8 Å². The zero-order chi connectivity index (χ0) is 12.1. The smallest absolute Gasteiger partial charge is 0.427 e. The van der Waals surface area contributed by atoms with Crippen LogP contribution < -0.4 is 5.43 Å². The molecule has 0 unspecified atom stereocenters. The molecule has 5 heteroatoms. The molecule has 1 rings (SSSR count). The molecule has 16 heavy (non-hydrogen) atoms. The Bertz CT molecular complexity index is 388. The van der Waals surface area contributed by atoms with Crippen molar-refractivity contribution in [3.63, 3.8) is 0 Å². The molecule has 0 saturated carbocycles. The second kappa shape index (κ2) is 5.34. The molecule has 1 N–H and O–H groups in total. The van der Waals surface area contributed by atoms with Gasteiger partial charge in [0.2, 0.25) is 0 Å². The van der Waals surface area contributed by atoms with Gasteiger partial charge < -0.3 is 9.15 Å². The highest BCUT2D eigenvalue weighted by Gasteiger charge is 2.10. The quantitative estimate of drug-likeness (QED) is 0.633. The van der Waals surface area contributed by atoms with E-state index >= 15 is 0 Å². The molecule has 1 aromatic rings. The average molecular weight is 224 g/mol. The Hall–Kier alpha value is -1.78. The van der Waals surface area contributed by atoms with Gasteiger partial charge >= 0.3 is 6.09 Å². The predicted molar refractivity (Wildman–Crippen MR) is 60.6 cm³/mol. The SMILES string of the molecule is CCOC(=O)NN=C(C)c1c(C)coc1C. The predicted octanol–water partition coefficient (Wildman–Crippen LogP) is 2.37. The van der Waals surface area contributed by atoms with Crippen molar-refractivity contribution in [3.8, 4) is 0 Å². The standard InChI is InChI=1S/C11H16N2O3/c1-5-15-11(14)13-12-8(3)10-7(2)6-16-9(10)4/h6H,5H2,1-4H3,(H,13,14). The Morgan fingerprint density at radius 3 is 2.75 bits per heavy atom. The van der Waals surface area contributed by atoms with Crippen molar-refractivity contribution in [2.75, 3.05) is 6.61 Å². The first-order valence-electron chi connectivity index (χ1n) is 5.08. The van der Waals surface area contributed by atoms with Gasteiger partial charge in [-0.3, -0.25) is 0 Å². The van der Waals surface area contributed by atoms with Crippen molar-refractivity contribution < 1.29 is 13.9 Å². The number of furan rings is 1. The number of nitrogens with one attached hydrogen (secondary N) is 1. The lowest BCUT2D eigenvalue weighted by Gasteiger charge is -2.02. The number of carbonyl (C=O) groups is 1. The molecule has 0 atom stereocenters. The lowest BCUT2D eigenvalue weighted by atomic mass is 10.1. The van der Waals surface area contributed by atoms with Crippen molar-refractivity contribution in [1.29, 1.82) is 0 Å². The van der Waals surface area contributed by atoms with Gasteiger partial charge in [-0.25, -0.2) is 10.2 Å². The van der Waals surface area contributed by atoms with E-state index in [1.54, 1.807) is 20.1 Å². The maximum atomic E-state index is 11.0. The van der Waals surface area contributed by atoms with Crippen LogP contribution in [-0.4, -0.2) is 18.4 Å². The fourth-order valence-electron chi connectivity index (χ4n) is 1.46. The lowest BCUT2D eigenvalue weighted by molar-refractivity contribution is 0.152. The van der Waals surface area contributed by atoms with Gasteiger partial charge in [0.15, 0.2) is 0 Å². The van der Waals surface area contributed by atoms with Crippen LogP contribution in [-0.2, 0) is 4.74 Å². The van der Waals surface area contributed by atoms with E-state index in [0.717, 1.165) is 16.9 Å². The molecule has 0 fully saturated rings. The first kappa shape index (κ1) is 12.3. The maximum absolute atomic E-state index is 11.0. The van der Waals surface area contributed by atoms with Crippen LogP contribution >= 0.6 is 0 Å². The van der Waals surface area contributed by atoms with E-state index in [0.29, 0.717) is 12.3 Å². The van der Waals surface area contributed by atoms with Crippen molar-refractivity contribution in [1.82, 2.24) is 5.43 Å². The van der Waals surface area contributed by atoms with Crippen LogP contribution in [0.1, 0.15) is 30.7 Å². The Balaban J connectivity index is 2.74. The van der Waals surface area contributed by atoms with Crippen molar-refractivity contribution in [2.24, 2.45) is 5.10 Å². The summed E-state index contributed by atoms with van der Waals surface area (Å²) in [5, 5.41) is 3.94. The van der Waals surface area contributed by atoms with E-state index in [1.165, 1.54) is 0 Å². The largest absolute Gasteiger partial charge is 0.469 e. The number of amides is 1. The summed E-state index contributed by atoms with van der Waals surface area (Å²) in [6, 6.07) is 0. The Labute approximate surface area is 94.5 Å². The van der Waals surface area contributed by atoms with Gasteiger partial charge in [-0.1, -0.05) is 0 Å². The first-order valence-corrected chi connectivity index (χ1v) is 5.08. The maximum Gasteiger partial charge on any atom is 0.427 e.